The Morgan fingerprint density at radius 2 is 2.04 bits per heavy atom. The van der Waals surface area contributed by atoms with Gasteiger partial charge in [0.2, 0.25) is 0 Å². The van der Waals surface area contributed by atoms with Gasteiger partial charge in [-0.3, -0.25) is 14.5 Å². The first-order valence-corrected chi connectivity index (χ1v) is 10.1. The summed E-state index contributed by atoms with van der Waals surface area (Å²) in [6, 6.07) is 2.85. The molecule has 8 heteroatoms. The van der Waals surface area contributed by atoms with Crippen LogP contribution in [0.4, 0.5) is 0 Å². The average molecular weight is 387 g/mol. The maximum atomic E-state index is 12.5. The summed E-state index contributed by atoms with van der Waals surface area (Å²) in [7, 11) is 0. The lowest BCUT2D eigenvalue weighted by molar-refractivity contribution is -0.122. The van der Waals surface area contributed by atoms with E-state index in [-0.39, 0.29) is 12.4 Å². The van der Waals surface area contributed by atoms with Crippen LogP contribution in [0.15, 0.2) is 18.6 Å². The fraction of sp³-hybridized carbons (Fsp3) is 0.600. The number of likely N-dealkylation sites (N-methyl/N-ethyl adjacent to an activating group) is 1. The molecule has 1 saturated heterocycles. The van der Waals surface area contributed by atoms with E-state index in [1.165, 1.54) is 32.1 Å². The number of pyridine rings is 1. The summed E-state index contributed by atoms with van der Waals surface area (Å²) in [5.74, 6) is -0.0484. The SMILES string of the molecule is CCN1CCCC1CNC(=O)c1cnc2c(c1)ncn2C1CCCC1.O=CO. The topological polar surface area (TPSA) is 100 Å². The Kier molecular flexibility index (Phi) is 6.97. The molecule has 0 spiro atoms. The molecular weight excluding hydrogens is 358 g/mol. The molecule has 0 radical (unpaired) electrons. The molecule has 2 N–H and O–H groups in total. The second-order valence-electron chi connectivity index (χ2n) is 7.40. The van der Waals surface area contributed by atoms with Gasteiger partial charge in [0.25, 0.3) is 12.4 Å². The molecule has 2 aromatic rings. The zero-order valence-electron chi connectivity index (χ0n) is 16.4. The van der Waals surface area contributed by atoms with Crippen molar-refractivity contribution in [2.24, 2.45) is 0 Å². The van der Waals surface area contributed by atoms with Gasteiger partial charge < -0.3 is 15.0 Å². The third-order valence-electron chi connectivity index (χ3n) is 5.80. The Morgan fingerprint density at radius 1 is 1.29 bits per heavy atom. The molecule has 3 heterocycles. The molecule has 1 unspecified atom stereocenters. The number of amides is 1. The van der Waals surface area contributed by atoms with Gasteiger partial charge >= 0.3 is 0 Å². The van der Waals surface area contributed by atoms with E-state index >= 15 is 0 Å². The number of hydrogen-bond donors (Lipinski definition) is 2. The third-order valence-corrected chi connectivity index (χ3v) is 5.80. The number of nitrogens with one attached hydrogen (secondary N) is 1. The van der Waals surface area contributed by atoms with E-state index in [1.807, 2.05) is 12.4 Å². The van der Waals surface area contributed by atoms with Crippen LogP contribution in [0.1, 0.15) is 61.8 Å². The zero-order chi connectivity index (χ0) is 19.9. The highest BCUT2D eigenvalue weighted by Gasteiger charge is 2.24. The second kappa shape index (κ2) is 9.64. The smallest absolute Gasteiger partial charge is 0.290 e. The molecule has 0 aromatic carbocycles. The van der Waals surface area contributed by atoms with E-state index in [9.17, 15) is 4.79 Å². The van der Waals surface area contributed by atoms with Crippen LogP contribution < -0.4 is 5.32 Å². The maximum absolute atomic E-state index is 12.5. The van der Waals surface area contributed by atoms with E-state index in [0.29, 0.717) is 24.2 Å². The number of hydrogen-bond acceptors (Lipinski definition) is 5. The van der Waals surface area contributed by atoms with Crippen molar-refractivity contribution in [3.8, 4) is 0 Å². The first-order chi connectivity index (χ1) is 13.7. The minimum Gasteiger partial charge on any atom is -0.483 e. The largest absolute Gasteiger partial charge is 0.483 e. The minimum atomic E-state index is -0.250. The van der Waals surface area contributed by atoms with Gasteiger partial charge in [-0.1, -0.05) is 19.8 Å². The molecule has 0 bridgehead atoms. The van der Waals surface area contributed by atoms with Crippen molar-refractivity contribution >= 4 is 23.5 Å². The Hall–Kier alpha value is -2.48. The lowest BCUT2D eigenvalue weighted by Crippen LogP contribution is -2.40. The van der Waals surface area contributed by atoms with Crippen molar-refractivity contribution in [3.63, 3.8) is 0 Å². The molecule has 152 valence electrons. The maximum Gasteiger partial charge on any atom is 0.290 e. The van der Waals surface area contributed by atoms with Gasteiger partial charge in [0.15, 0.2) is 5.65 Å². The number of fused-ring (bicyclic) bond motifs is 1. The monoisotopic (exact) mass is 387 g/mol. The predicted molar refractivity (Wildman–Crippen MR) is 106 cm³/mol. The molecule has 28 heavy (non-hydrogen) atoms. The van der Waals surface area contributed by atoms with Crippen molar-refractivity contribution in [2.45, 2.75) is 57.5 Å². The van der Waals surface area contributed by atoms with Crippen molar-refractivity contribution in [2.75, 3.05) is 19.6 Å². The van der Waals surface area contributed by atoms with Crippen molar-refractivity contribution < 1.29 is 14.7 Å². The standard InChI is InChI=1S/C19H27N5O.CH2O2/c1-2-23-9-5-8-16(23)12-21-19(25)14-10-17-18(20-11-14)24(13-22-17)15-6-3-4-7-15;2-1-3/h10-11,13,15-16H,2-9,12H2,1H3,(H,21,25);1H,(H,2,3). The third kappa shape index (κ3) is 4.49. The van der Waals surface area contributed by atoms with Gasteiger partial charge in [-0.05, 0) is 44.8 Å². The Bertz CT molecular complexity index is 800. The highest BCUT2D eigenvalue weighted by atomic mass is 16.3. The predicted octanol–water partition coefficient (Wildman–Crippen LogP) is 2.46. The summed E-state index contributed by atoms with van der Waals surface area (Å²) in [6.45, 7) is 4.83. The molecule has 1 amide bonds. The molecule has 1 saturated carbocycles. The summed E-state index contributed by atoms with van der Waals surface area (Å²) in [5.41, 5.74) is 2.32. The fourth-order valence-corrected chi connectivity index (χ4v) is 4.35. The van der Waals surface area contributed by atoms with Gasteiger partial charge in [-0.2, -0.15) is 0 Å². The fourth-order valence-electron chi connectivity index (χ4n) is 4.35. The molecule has 2 aromatic heterocycles. The lowest BCUT2D eigenvalue weighted by Gasteiger charge is -2.22. The van der Waals surface area contributed by atoms with E-state index in [2.05, 4.69) is 31.7 Å². The lowest BCUT2D eigenvalue weighted by atomic mass is 10.2. The summed E-state index contributed by atoms with van der Waals surface area (Å²) >= 11 is 0. The first-order valence-electron chi connectivity index (χ1n) is 10.1. The van der Waals surface area contributed by atoms with Gasteiger partial charge in [0, 0.05) is 24.8 Å². The molecule has 1 atom stereocenters. The van der Waals surface area contributed by atoms with E-state index < -0.39 is 0 Å². The number of nitrogens with zero attached hydrogens (tertiary/aromatic N) is 4. The summed E-state index contributed by atoms with van der Waals surface area (Å²) in [5, 5.41) is 9.97. The zero-order valence-corrected chi connectivity index (χ0v) is 16.4. The number of likely N-dealkylation sites (tertiary alicyclic amines) is 1. The van der Waals surface area contributed by atoms with Crippen LogP contribution in [-0.4, -0.2) is 62.6 Å². The van der Waals surface area contributed by atoms with Crippen LogP contribution in [0, 0.1) is 0 Å². The highest BCUT2D eigenvalue weighted by molar-refractivity contribution is 5.96. The summed E-state index contributed by atoms with van der Waals surface area (Å²) < 4.78 is 2.18. The summed E-state index contributed by atoms with van der Waals surface area (Å²) in [6.07, 6.45) is 10.9. The number of rotatable bonds is 5. The molecule has 1 aliphatic heterocycles. The number of imidazole rings is 1. The Balaban J connectivity index is 0.000000706. The molecule has 4 rings (SSSR count). The Morgan fingerprint density at radius 3 is 2.75 bits per heavy atom. The van der Waals surface area contributed by atoms with E-state index in [0.717, 1.165) is 30.7 Å². The van der Waals surface area contributed by atoms with Gasteiger partial charge in [0.1, 0.15) is 5.52 Å². The number of carbonyl (C=O) groups is 2. The van der Waals surface area contributed by atoms with Crippen LogP contribution in [0.2, 0.25) is 0 Å². The van der Waals surface area contributed by atoms with Gasteiger partial charge in [0.05, 0.1) is 11.9 Å². The highest BCUT2D eigenvalue weighted by Crippen LogP contribution is 2.31. The van der Waals surface area contributed by atoms with Gasteiger partial charge in [-0.25, -0.2) is 9.97 Å². The number of aromatic nitrogens is 3. The number of carboxylic acid groups (broad SMARTS) is 1. The van der Waals surface area contributed by atoms with Crippen LogP contribution in [-0.2, 0) is 4.79 Å². The van der Waals surface area contributed by atoms with Crippen molar-refractivity contribution in [3.05, 3.63) is 24.2 Å². The molecular formula is C20H29N5O3. The Labute approximate surface area is 165 Å². The normalized spacial score (nSPS) is 20.1. The molecule has 1 aliphatic carbocycles. The van der Waals surface area contributed by atoms with Gasteiger partial charge in [-0.15, -0.1) is 0 Å². The molecule has 8 nitrogen and oxygen atoms in total. The quantitative estimate of drug-likeness (QED) is 0.765. The van der Waals surface area contributed by atoms with E-state index in [1.54, 1.807) is 6.20 Å². The van der Waals surface area contributed by atoms with Crippen LogP contribution in [0.5, 0.6) is 0 Å². The second-order valence-corrected chi connectivity index (χ2v) is 7.40. The van der Waals surface area contributed by atoms with Crippen LogP contribution >= 0.6 is 0 Å². The van der Waals surface area contributed by atoms with Crippen molar-refractivity contribution in [1.29, 1.82) is 0 Å². The van der Waals surface area contributed by atoms with Crippen LogP contribution in [0.25, 0.3) is 11.2 Å². The number of carbonyl (C=O) groups excluding carboxylic acids is 1. The molecule has 2 aliphatic rings. The molecule has 2 fully saturated rings. The minimum absolute atomic E-state index is 0.0484. The first kappa shape index (κ1) is 20.3. The summed E-state index contributed by atoms with van der Waals surface area (Å²) in [4.78, 5) is 32.3. The average Bonchev–Trinajstić information content (AvgIpc) is 3.45. The van der Waals surface area contributed by atoms with Crippen LogP contribution in [0.3, 0.4) is 0 Å². The van der Waals surface area contributed by atoms with Crippen molar-refractivity contribution in [1.82, 2.24) is 24.8 Å². The van der Waals surface area contributed by atoms with E-state index in [4.69, 9.17) is 9.90 Å².